The van der Waals surface area contributed by atoms with Gasteiger partial charge in [0.2, 0.25) is 0 Å². The Morgan fingerprint density at radius 3 is 2.80 bits per heavy atom. The Morgan fingerprint density at radius 2 is 2.20 bits per heavy atom. The molecule has 0 amide bonds. The lowest BCUT2D eigenvalue weighted by molar-refractivity contribution is 0.622. The van der Waals surface area contributed by atoms with Gasteiger partial charge in [-0.1, -0.05) is 16.8 Å². The first-order valence-corrected chi connectivity index (χ1v) is 4.49. The molecular weight excluding hydrogens is 221 g/mol. The van der Waals surface area contributed by atoms with Gasteiger partial charge in [-0.05, 0) is 23.8 Å². The summed E-state index contributed by atoms with van der Waals surface area (Å²) in [5, 5.41) is 13.4. The van der Waals surface area contributed by atoms with E-state index < -0.39 is 11.9 Å². The summed E-state index contributed by atoms with van der Waals surface area (Å²) in [7, 11) is 0. The molecule has 1 heterocycles. The van der Waals surface area contributed by atoms with Crippen LogP contribution in [0.1, 0.15) is 17.4 Å². The lowest BCUT2D eigenvalue weighted by Gasteiger charge is -2.07. The maximum Gasteiger partial charge on any atom is 0.195 e. The van der Waals surface area contributed by atoms with Crippen molar-refractivity contribution < 1.29 is 4.39 Å². The molecular formula is C8H7ClFN5. The Kier molecular flexibility index (Phi) is 2.61. The van der Waals surface area contributed by atoms with E-state index in [1.54, 1.807) is 6.07 Å². The Hall–Kier alpha value is -1.53. The van der Waals surface area contributed by atoms with E-state index in [1.165, 1.54) is 12.1 Å². The maximum absolute atomic E-state index is 13.0. The highest BCUT2D eigenvalue weighted by Gasteiger charge is 2.14. The average Bonchev–Trinajstić information content (AvgIpc) is 2.67. The molecule has 0 fully saturated rings. The predicted molar refractivity (Wildman–Crippen MR) is 51.6 cm³/mol. The molecule has 15 heavy (non-hydrogen) atoms. The summed E-state index contributed by atoms with van der Waals surface area (Å²) in [5.41, 5.74) is 6.29. The van der Waals surface area contributed by atoms with E-state index in [0.717, 1.165) is 0 Å². The summed E-state index contributed by atoms with van der Waals surface area (Å²) in [6.45, 7) is 0. The lowest BCUT2D eigenvalue weighted by atomic mass is 10.1. The van der Waals surface area contributed by atoms with Gasteiger partial charge in [0.05, 0.1) is 6.04 Å². The van der Waals surface area contributed by atoms with E-state index in [0.29, 0.717) is 5.56 Å². The molecule has 1 aromatic carbocycles. The van der Waals surface area contributed by atoms with Gasteiger partial charge in [-0.15, -0.1) is 10.2 Å². The number of H-pyrrole nitrogens is 1. The number of aromatic amines is 1. The van der Waals surface area contributed by atoms with Crippen molar-refractivity contribution in [3.05, 3.63) is 40.4 Å². The van der Waals surface area contributed by atoms with Crippen LogP contribution < -0.4 is 5.73 Å². The molecule has 0 saturated carbocycles. The predicted octanol–water partition coefficient (Wildman–Crippen LogP) is 1.04. The molecule has 1 aromatic heterocycles. The summed E-state index contributed by atoms with van der Waals surface area (Å²) in [6.07, 6.45) is 0. The minimum atomic E-state index is -0.642. The molecule has 0 saturated heterocycles. The molecule has 0 aliphatic rings. The second kappa shape index (κ2) is 3.92. The number of hydrogen-bond donors (Lipinski definition) is 2. The highest BCUT2D eigenvalue weighted by molar-refractivity contribution is 6.30. The molecule has 7 heteroatoms. The normalized spacial score (nSPS) is 12.7. The fourth-order valence-corrected chi connectivity index (χ4v) is 1.44. The van der Waals surface area contributed by atoms with Crippen LogP contribution in [0.2, 0.25) is 5.02 Å². The number of hydrogen-bond acceptors (Lipinski definition) is 4. The molecule has 0 aliphatic heterocycles. The first kappa shape index (κ1) is 10.0. The number of tetrazole rings is 1. The maximum atomic E-state index is 13.0. The van der Waals surface area contributed by atoms with Crippen molar-refractivity contribution in [2.24, 2.45) is 5.73 Å². The van der Waals surface area contributed by atoms with E-state index in [4.69, 9.17) is 17.3 Å². The van der Waals surface area contributed by atoms with Crippen molar-refractivity contribution in [2.45, 2.75) is 6.04 Å². The van der Waals surface area contributed by atoms with Crippen LogP contribution in [0, 0.1) is 5.82 Å². The molecule has 1 unspecified atom stereocenters. The summed E-state index contributed by atoms with van der Waals surface area (Å²) in [5.74, 6) is -0.159. The zero-order valence-corrected chi connectivity index (χ0v) is 8.24. The van der Waals surface area contributed by atoms with Crippen molar-refractivity contribution in [1.82, 2.24) is 20.6 Å². The van der Waals surface area contributed by atoms with Crippen LogP contribution in [-0.4, -0.2) is 20.6 Å². The number of aromatic nitrogens is 4. The first-order chi connectivity index (χ1) is 7.16. The number of rotatable bonds is 2. The smallest absolute Gasteiger partial charge is 0.195 e. The number of nitrogens with two attached hydrogens (primary N) is 1. The Bertz CT molecular complexity index is 438. The largest absolute Gasteiger partial charge is 0.318 e. The highest BCUT2D eigenvalue weighted by Crippen LogP contribution is 2.21. The summed E-state index contributed by atoms with van der Waals surface area (Å²) < 4.78 is 13.0. The van der Waals surface area contributed by atoms with Crippen LogP contribution in [0.25, 0.3) is 0 Å². The van der Waals surface area contributed by atoms with Gasteiger partial charge in [0.25, 0.3) is 0 Å². The summed E-state index contributed by atoms with van der Waals surface area (Å²) in [4.78, 5) is 0. The fraction of sp³-hybridized carbons (Fsp3) is 0.125. The first-order valence-electron chi connectivity index (χ1n) is 4.12. The lowest BCUT2D eigenvalue weighted by Crippen LogP contribution is -2.14. The monoisotopic (exact) mass is 227 g/mol. The fourth-order valence-electron chi connectivity index (χ4n) is 1.21. The van der Waals surface area contributed by atoms with Gasteiger partial charge in [-0.25, -0.2) is 4.39 Å². The summed E-state index contributed by atoms with van der Waals surface area (Å²) >= 11 is 5.70. The molecule has 5 nitrogen and oxygen atoms in total. The van der Waals surface area contributed by atoms with Crippen LogP contribution in [-0.2, 0) is 0 Å². The van der Waals surface area contributed by atoms with Crippen molar-refractivity contribution >= 4 is 11.6 Å². The van der Waals surface area contributed by atoms with E-state index in [-0.39, 0.29) is 10.8 Å². The molecule has 2 aromatic rings. The summed E-state index contributed by atoms with van der Waals surface area (Å²) in [6, 6.07) is 3.41. The third-order valence-corrected chi connectivity index (χ3v) is 2.10. The molecule has 0 bridgehead atoms. The zero-order chi connectivity index (χ0) is 10.8. The minimum absolute atomic E-state index is 0.281. The van der Waals surface area contributed by atoms with Crippen molar-refractivity contribution in [1.29, 1.82) is 0 Å². The Morgan fingerprint density at radius 1 is 1.40 bits per heavy atom. The van der Waals surface area contributed by atoms with E-state index in [1.807, 2.05) is 0 Å². The van der Waals surface area contributed by atoms with Crippen LogP contribution in [0.5, 0.6) is 0 Å². The number of nitrogens with zero attached hydrogens (tertiary/aromatic N) is 3. The van der Waals surface area contributed by atoms with Crippen LogP contribution in [0.3, 0.4) is 0 Å². The quantitative estimate of drug-likeness (QED) is 0.803. The van der Waals surface area contributed by atoms with Gasteiger partial charge < -0.3 is 5.73 Å². The minimum Gasteiger partial charge on any atom is -0.318 e. The third-order valence-electron chi connectivity index (χ3n) is 1.88. The Labute approximate surface area is 89.4 Å². The van der Waals surface area contributed by atoms with Crippen molar-refractivity contribution in [3.8, 4) is 0 Å². The zero-order valence-electron chi connectivity index (χ0n) is 7.48. The van der Waals surface area contributed by atoms with Gasteiger partial charge >= 0.3 is 0 Å². The SMILES string of the molecule is NC(c1cc(F)cc(Cl)c1)c1nn[nH]n1. The second-order valence-electron chi connectivity index (χ2n) is 2.95. The molecule has 3 N–H and O–H groups in total. The van der Waals surface area contributed by atoms with Crippen molar-refractivity contribution in [3.63, 3.8) is 0 Å². The van der Waals surface area contributed by atoms with Crippen LogP contribution >= 0.6 is 11.6 Å². The molecule has 0 aliphatic carbocycles. The number of benzene rings is 1. The van der Waals surface area contributed by atoms with E-state index in [2.05, 4.69) is 20.6 Å². The van der Waals surface area contributed by atoms with Gasteiger partial charge in [-0.2, -0.15) is 5.21 Å². The van der Waals surface area contributed by atoms with E-state index >= 15 is 0 Å². The van der Waals surface area contributed by atoms with Gasteiger partial charge in [0.15, 0.2) is 5.82 Å². The average molecular weight is 228 g/mol. The van der Waals surface area contributed by atoms with Crippen molar-refractivity contribution in [2.75, 3.05) is 0 Å². The molecule has 0 radical (unpaired) electrons. The third kappa shape index (κ3) is 2.11. The number of nitrogens with one attached hydrogen (secondary N) is 1. The molecule has 2 rings (SSSR count). The van der Waals surface area contributed by atoms with Crippen LogP contribution in [0.15, 0.2) is 18.2 Å². The molecule has 1 atom stereocenters. The topological polar surface area (TPSA) is 80.5 Å². The van der Waals surface area contributed by atoms with Gasteiger partial charge in [-0.3, -0.25) is 0 Å². The second-order valence-corrected chi connectivity index (χ2v) is 3.39. The standard InChI is InChI=1S/C8H7ClFN5/c9-5-1-4(2-6(10)3-5)7(11)8-12-14-15-13-8/h1-3,7H,11H2,(H,12,13,14,15). The Balaban J connectivity index is 2.37. The molecule has 78 valence electrons. The van der Waals surface area contributed by atoms with Gasteiger partial charge in [0, 0.05) is 5.02 Å². The number of halogens is 2. The highest BCUT2D eigenvalue weighted by atomic mass is 35.5. The van der Waals surface area contributed by atoms with Gasteiger partial charge in [0.1, 0.15) is 5.82 Å². The molecule has 0 spiro atoms. The van der Waals surface area contributed by atoms with E-state index in [9.17, 15) is 4.39 Å². The van der Waals surface area contributed by atoms with Crippen LogP contribution in [0.4, 0.5) is 4.39 Å².